The van der Waals surface area contributed by atoms with Gasteiger partial charge in [0.2, 0.25) is 0 Å². The summed E-state index contributed by atoms with van der Waals surface area (Å²) in [6.45, 7) is 5.06. The van der Waals surface area contributed by atoms with Crippen molar-refractivity contribution < 1.29 is 5.11 Å². The molecule has 0 radical (unpaired) electrons. The van der Waals surface area contributed by atoms with Gasteiger partial charge in [0.05, 0.1) is 5.60 Å². The van der Waals surface area contributed by atoms with E-state index in [1.165, 1.54) is 38.5 Å². The molecular weight excluding hydrogens is 280 g/mol. The Morgan fingerprint density at radius 1 is 0.609 bits per heavy atom. The van der Waals surface area contributed by atoms with Gasteiger partial charge in [-0.1, -0.05) is 13.8 Å². The van der Waals surface area contributed by atoms with Gasteiger partial charge < -0.3 is 5.11 Å². The molecule has 0 aromatic rings. The molecule has 1 nitrogen and oxygen atoms in total. The molecule has 1 heteroatoms. The highest BCUT2D eigenvalue weighted by molar-refractivity contribution is 5.22. The highest BCUT2D eigenvalue weighted by atomic mass is 16.3. The predicted octanol–water partition coefficient (Wildman–Crippen LogP) is 5.31. The van der Waals surface area contributed by atoms with Gasteiger partial charge >= 0.3 is 0 Å². The van der Waals surface area contributed by atoms with E-state index in [1.54, 1.807) is 19.3 Å². The molecule has 8 aliphatic rings. The van der Waals surface area contributed by atoms with Crippen LogP contribution in [0.3, 0.4) is 0 Å². The summed E-state index contributed by atoms with van der Waals surface area (Å²) in [6, 6.07) is 0. The Morgan fingerprint density at radius 3 is 1.52 bits per heavy atom. The van der Waals surface area contributed by atoms with Crippen molar-refractivity contribution in [3.63, 3.8) is 0 Å². The van der Waals surface area contributed by atoms with Crippen LogP contribution in [0.1, 0.15) is 90.9 Å². The summed E-state index contributed by atoms with van der Waals surface area (Å²) >= 11 is 0. The third-order valence-electron chi connectivity index (χ3n) is 9.73. The van der Waals surface area contributed by atoms with E-state index < -0.39 is 0 Å². The van der Waals surface area contributed by atoms with Crippen LogP contribution >= 0.6 is 0 Å². The zero-order chi connectivity index (χ0) is 15.7. The molecule has 0 aromatic heterocycles. The summed E-state index contributed by atoms with van der Waals surface area (Å²) in [5.74, 6) is 3.14. The number of aliphatic hydroxyl groups is 1. The lowest BCUT2D eigenvalue weighted by Gasteiger charge is -2.75. The van der Waals surface area contributed by atoms with Crippen molar-refractivity contribution in [1.29, 1.82) is 0 Å². The smallest absolute Gasteiger partial charge is 0.0663 e. The van der Waals surface area contributed by atoms with Crippen LogP contribution in [-0.4, -0.2) is 10.7 Å². The first-order chi connectivity index (χ1) is 10.7. The predicted molar refractivity (Wildman–Crippen MR) is 91.9 cm³/mol. The van der Waals surface area contributed by atoms with Crippen molar-refractivity contribution in [3.05, 3.63) is 0 Å². The second-order valence-corrected chi connectivity index (χ2v) is 12.4. The maximum Gasteiger partial charge on any atom is 0.0663 e. The largest absolute Gasteiger partial charge is 0.390 e. The molecule has 8 fully saturated rings. The lowest BCUT2D eigenvalue weighted by atomic mass is 9.30. The molecule has 0 heterocycles. The topological polar surface area (TPSA) is 20.2 Å². The molecule has 23 heavy (non-hydrogen) atoms. The maximum atomic E-state index is 11.5. The standard InChI is InChI=1S/C22H34O/c1-18-9-19(2)11-21(10-18,14-22(23,12-18)13-19)20-6-15-3-16(7-20)5-17(4-15)8-20/h15-17,23H,3-14H2,1-2H3. The average Bonchev–Trinajstić information content (AvgIpc) is 2.30. The van der Waals surface area contributed by atoms with Gasteiger partial charge in [-0.2, -0.15) is 0 Å². The zero-order valence-corrected chi connectivity index (χ0v) is 15.2. The summed E-state index contributed by atoms with van der Waals surface area (Å²) < 4.78 is 0. The van der Waals surface area contributed by atoms with Crippen LogP contribution in [0.25, 0.3) is 0 Å². The van der Waals surface area contributed by atoms with Crippen LogP contribution in [0.4, 0.5) is 0 Å². The van der Waals surface area contributed by atoms with E-state index >= 15 is 0 Å². The number of hydrogen-bond donors (Lipinski definition) is 1. The van der Waals surface area contributed by atoms with Crippen molar-refractivity contribution in [2.45, 2.75) is 96.5 Å². The number of rotatable bonds is 1. The van der Waals surface area contributed by atoms with Gasteiger partial charge in [-0.05, 0) is 116 Å². The van der Waals surface area contributed by atoms with Gasteiger partial charge in [0.15, 0.2) is 0 Å². The highest BCUT2D eigenvalue weighted by Crippen LogP contribution is 2.79. The summed E-state index contributed by atoms with van der Waals surface area (Å²) in [5.41, 5.74) is 1.67. The van der Waals surface area contributed by atoms with Crippen LogP contribution in [0.2, 0.25) is 0 Å². The van der Waals surface area contributed by atoms with Gasteiger partial charge in [-0.15, -0.1) is 0 Å². The minimum atomic E-state index is -0.318. The quantitative estimate of drug-likeness (QED) is 0.695. The monoisotopic (exact) mass is 314 g/mol. The van der Waals surface area contributed by atoms with Gasteiger partial charge in [0.25, 0.3) is 0 Å². The lowest BCUT2D eigenvalue weighted by Crippen LogP contribution is -2.68. The van der Waals surface area contributed by atoms with Crippen LogP contribution < -0.4 is 0 Å². The Labute approximate surface area is 141 Å². The van der Waals surface area contributed by atoms with Crippen molar-refractivity contribution in [3.8, 4) is 0 Å². The molecule has 0 spiro atoms. The molecule has 2 atom stereocenters. The van der Waals surface area contributed by atoms with E-state index in [4.69, 9.17) is 0 Å². The SMILES string of the molecule is CC12CC3(C)CC(O)(C1)CC(C14CC5CC(CC(C5)C1)C4)(C2)C3. The van der Waals surface area contributed by atoms with Crippen molar-refractivity contribution >= 4 is 0 Å². The maximum absolute atomic E-state index is 11.5. The minimum absolute atomic E-state index is 0.318. The van der Waals surface area contributed by atoms with Gasteiger partial charge in [-0.25, -0.2) is 0 Å². The normalized spacial score (nSPS) is 68.7. The van der Waals surface area contributed by atoms with E-state index in [0.29, 0.717) is 21.7 Å². The molecule has 8 saturated carbocycles. The molecule has 0 aromatic carbocycles. The van der Waals surface area contributed by atoms with Gasteiger partial charge in [-0.3, -0.25) is 0 Å². The third kappa shape index (κ3) is 1.69. The molecule has 0 amide bonds. The first kappa shape index (κ1) is 14.2. The first-order valence-corrected chi connectivity index (χ1v) is 10.5. The molecule has 0 saturated heterocycles. The van der Waals surface area contributed by atoms with Crippen LogP contribution in [0, 0.1) is 39.4 Å². The Hall–Kier alpha value is -0.0400. The molecular formula is C22H34O. The average molecular weight is 315 g/mol. The second kappa shape index (κ2) is 3.71. The Balaban J connectivity index is 1.49. The Bertz CT molecular complexity index is 486. The van der Waals surface area contributed by atoms with Crippen molar-refractivity contribution in [2.24, 2.45) is 39.4 Å². The van der Waals surface area contributed by atoms with Crippen molar-refractivity contribution in [1.82, 2.24) is 0 Å². The first-order valence-electron chi connectivity index (χ1n) is 10.5. The molecule has 1 N–H and O–H groups in total. The summed E-state index contributed by atoms with van der Waals surface area (Å²) in [7, 11) is 0. The zero-order valence-electron chi connectivity index (χ0n) is 15.2. The second-order valence-electron chi connectivity index (χ2n) is 12.4. The lowest BCUT2D eigenvalue weighted by molar-refractivity contribution is -0.281. The van der Waals surface area contributed by atoms with Crippen LogP contribution in [0.5, 0.6) is 0 Å². The van der Waals surface area contributed by atoms with E-state index in [9.17, 15) is 5.11 Å². The van der Waals surface area contributed by atoms with Crippen LogP contribution in [-0.2, 0) is 0 Å². The highest BCUT2D eigenvalue weighted by Gasteiger charge is 2.71. The van der Waals surface area contributed by atoms with Gasteiger partial charge in [0, 0.05) is 0 Å². The van der Waals surface area contributed by atoms with E-state index in [2.05, 4.69) is 13.8 Å². The molecule has 8 rings (SSSR count). The van der Waals surface area contributed by atoms with E-state index in [0.717, 1.165) is 37.0 Å². The fourth-order valence-electron chi connectivity index (χ4n) is 11.0. The third-order valence-corrected chi connectivity index (χ3v) is 9.73. The van der Waals surface area contributed by atoms with Crippen LogP contribution in [0.15, 0.2) is 0 Å². The molecule has 8 aliphatic carbocycles. The van der Waals surface area contributed by atoms with Gasteiger partial charge in [0.1, 0.15) is 0 Å². The molecule has 8 bridgehead atoms. The molecule has 2 unspecified atom stereocenters. The fraction of sp³-hybridized carbons (Fsp3) is 1.00. The summed E-state index contributed by atoms with van der Waals surface area (Å²) in [4.78, 5) is 0. The summed E-state index contributed by atoms with van der Waals surface area (Å²) in [6.07, 6.45) is 16.9. The number of hydrogen-bond acceptors (Lipinski definition) is 1. The summed E-state index contributed by atoms with van der Waals surface area (Å²) in [5, 5.41) is 11.5. The molecule has 128 valence electrons. The van der Waals surface area contributed by atoms with Crippen molar-refractivity contribution in [2.75, 3.05) is 0 Å². The molecule has 0 aliphatic heterocycles. The Kier molecular flexibility index (Phi) is 2.29. The Morgan fingerprint density at radius 2 is 1.09 bits per heavy atom. The fourth-order valence-corrected chi connectivity index (χ4v) is 11.0. The van der Waals surface area contributed by atoms with E-state index in [1.807, 2.05) is 0 Å². The van der Waals surface area contributed by atoms with E-state index in [-0.39, 0.29) is 5.60 Å². The minimum Gasteiger partial charge on any atom is -0.390 e.